The van der Waals surface area contributed by atoms with E-state index in [4.69, 9.17) is 0 Å². The molecule has 0 rings (SSSR count). The van der Waals surface area contributed by atoms with Crippen molar-refractivity contribution in [3.05, 3.63) is 0 Å². The summed E-state index contributed by atoms with van der Waals surface area (Å²) in [6, 6.07) is 0. The average molecular weight is 288 g/mol. The van der Waals surface area contributed by atoms with E-state index >= 15 is 0 Å². The molecule has 0 aliphatic rings. The van der Waals surface area contributed by atoms with Crippen molar-refractivity contribution in [3.63, 3.8) is 0 Å². The summed E-state index contributed by atoms with van der Waals surface area (Å²) in [5.74, 6) is 0. The van der Waals surface area contributed by atoms with Crippen LogP contribution < -0.4 is 0 Å². The van der Waals surface area contributed by atoms with Crippen molar-refractivity contribution < 1.29 is 84.8 Å². The SMILES string of the molecule is [Cu].[Fe].[Mn].[Mn].[Ni]. The first-order valence-electron chi connectivity index (χ1n) is 0. The van der Waals surface area contributed by atoms with E-state index in [1.54, 1.807) is 0 Å². The summed E-state index contributed by atoms with van der Waals surface area (Å²) in [6.45, 7) is 0. The minimum absolute atomic E-state index is 0. The number of hydrogen-bond acceptors (Lipinski definition) is 0. The first kappa shape index (κ1) is 49.4. The molecule has 0 aromatic carbocycles. The van der Waals surface area contributed by atoms with Crippen molar-refractivity contribution in [2.45, 2.75) is 0 Å². The van der Waals surface area contributed by atoms with Crippen molar-refractivity contribution in [2.24, 2.45) is 0 Å². The van der Waals surface area contributed by atoms with Gasteiger partial charge in [0.2, 0.25) is 0 Å². The molecule has 0 atom stereocenters. The Kier molecular flexibility index (Phi) is 305. The monoisotopic (exact) mass is 287 g/mol. The molecule has 0 aromatic heterocycles. The fourth-order valence-electron chi connectivity index (χ4n) is 0. The van der Waals surface area contributed by atoms with Gasteiger partial charge in [-0.3, -0.25) is 0 Å². The van der Waals surface area contributed by atoms with Gasteiger partial charge in [0, 0.05) is 84.8 Å². The summed E-state index contributed by atoms with van der Waals surface area (Å²) in [6.07, 6.45) is 0. The smallest absolute Gasteiger partial charge is 0 e. The Hall–Kier alpha value is 2.57. The van der Waals surface area contributed by atoms with Gasteiger partial charge in [-0.2, -0.15) is 0 Å². The summed E-state index contributed by atoms with van der Waals surface area (Å²) in [7, 11) is 0. The Balaban J connectivity index is 0. The predicted molar refractivity (Wildman–Crippen MR) is 0 cm³/mol. The summed E-state index contributed by atoms with van der Waals surface area (Å²) in [4.78, 5) is 0. The second kappa shape index (κ2) is 30.8. The zero-order valence-corrected chi connectivity index (χ0v) is 7.12. The zero-order chi connectivity index (χ0) is 0. The van der Waals surface area contributed by atoms with Gasteiger partial charge in [-0.05, 0) is 0 Å². The standard InChI is InChI=1S/Cu.Fe.2Mn.Ni. The quantitative estimate of drug-likeness (QED) is 0.550. The van der Waals surface area contributed by atoms with Crippen LogP contribution in [-0.2, 0) is 84.8 Å². The summed E-state index contributed by atoms with van der Waals surface area (Å²) in [5.41, 5.74) is 0. The van der Waals surface area contributed by atoms with E-state index in [1.807, 2.05) is 0 Å². The van der Waals surface area contributed by atoms with Crippen LogP contribution in [-0.4, -0.2) is 0 Å². The summed E-state index contributed by atoms with van der Waals surface area (Å²) >= 11 is 0. The Morgan fingerprint density at radius 3 is 0.800 bits per heavy atom. The van der Waals surface area contributed by atoms with Crippen molar-refractivity contribution in [1.29, 1.82) is 0 Å². The third kappa shape index (κ3) is 20.8. The minimum Gasteiger partial charge on any atom is 0 e. The molecule has 0 spiro atoms. The molecule has 3 radical (unpaired) electrons. The number of rotatable bonds is 0. The molecule has 0 aliphatic carbocycles. The second-order valence-electron chi connectivity index (χ2n) is 0. The van der Waals surface area contributed by atoms with Gasteiger partial charge in [-0.25, -0.2) is 0 Å². The molecule has 0 aromatic rings. The van der Waals surface area contributed by atoms with Crippen LogP contribution in [0.5, 0.6) is 0 Å². The Morgan fingerprint density at radius 1 is 0.800 bits per heavy atom. The van der Waals surface area contributed by atoms with Gasteiger partial charge in [0.1, 0.15) is 0 Å². The molecule has 5 heavy (non-hydrogen) atoms. The fourth-order valence-corrected chi connectivity index (χ4v) is 0. The van der Waals surface area contributed by atoms with E-state index in [0.717, 1.165) is 0 Å². The minimum atomic E-state index is 0. The molecule has 0 fully saturated rings. The molecule has 43 valence electrons. The van der Waals surface area contributed by atoms with E-state index in [2.05, 4.69) is 0 Å². The normalized spacial score (nSPS) is 0. The molecule has 0 unspecified atom stereocenters. The molecule has 0 aliphatic heterocycles. The molecule has 0 heterocycles. The second-order valence-corrected chi connectivity index (χ2v) is 0. The van der Waals surface area contributed by atoms with Gasteiger partial charge >= 0.3 is 0 Å². The van der Waals surface area contributed by atoms with Crippen LogP contribution in [0.2, 0.25) is 0 Å². The van der Waals surface area contributed by atoms with Crippen LogP contribution in [0.25, 0.3) is 0 Å². The maximum absolute atomic E-state index is 0. The largest absolute Gasteiger partial charge is 0 e. The van der Waals surface area contributed by atoms with E-state index in [-0.39, 0.29) is 84.8 Å². The van der Waals surface area contributed by atoms with Crippen LogP contribution in [0.15, 0.2) is 0 Å². The molecule has 0 amide bonds. The van der Waals surface area contributed by atoms with Crippen LogP contribution in [0.1, 0.15) is 0 Å². The van der Waals surface area contributed by atoms with Gasteiger partial charge in [0.05, 0.1) is 0 Å². The Morgan fingerprint density at radius 2 is 0.800 bits per heavy atom. The van der Waals surface area contributed by atoms with E-state index < -0.39 is 0 Å². The third-order valence-corrected chi connectivity index (χ3v) is 0. The van der Waals surface area contributed by atoms with E-state index in [9.17, 15) is 0 Å². The van der Waals surface area contributed by atoms with E-state index in [0.29, 0.717) is 0 Å². The summed E-state index contributed by atoms with van der Waals surface area (Å²) in [5, 5.41) is 0. The predicted octanol–water partition coefficient (Wildman–Crippen LogP) is -0.0125. The van der Waals surface area contributed by atoms with Crippen molar-refractivity contribution in [1.82, 2.24) is 0 Å². The zero-order valence-electron chi connectivity index (χ0n) is 1.73. The van der Waals surface area contributed by atoms with Crippen molar-refractivity contribution in [2.75, 3.05) is 0 Å². The van der Waals surface area contributed by atoms with Crippen molar-refractivity contribution in [3.8, 4) is 0 Å². The first-order chi connectivity index (χ1) is 0. The van der Waals surface area contributed by atoms with Crippen molar-refractivity contribution >= 4 is 0 Å². The van der Waals surface area contributed by atoms with Gasteiger partial charge in [0.25, 0.3) is 0 Å². The average Bonchev–Trinajstić information content (AvgIpc) is 0. The molecule has 5 heteroatoms. The molecule has 0 nitrogen and oxygen atoms in total. The molecule has 0 N–H and O–H groups in total. The van der Waals surface area contributed by atoms with E-state index in [1.165, 1.54) is 0 Å². The molecular weight excluding hydrogens is 288 g/mol. The van der Waals surface area contributed by atoms with Gasteiger partial charge in [0.15, 0.2) is 0 Å². The maximum Gasteiger partial charge on any atom is 0 e. The van der Waals surface area contributed by atoms with Crippen LogP contribution in [0.4, 0.5) is 0 Å². The molecular formula is CuFeMn2Ni. The fraction of sp³-hybridized carbons (Fsp3) is 0. The van der Waals surface area contributed by atoms with Crippen LogP contribution in [0.3, 0.4) is 0 Å². The molecule has 0 bridgehead atoms. The van der Waals surface area contributed by atoms with Gasteiger partial charge in [-0.1, -0.05) is 0 Å². The van der Waals surface area contributed by atoms with Gasteiger partial charge in [-0.15, -0.1) is 0 Å². The molecule has 0 saturated carbocycles. The Labute approximate surface area is 83.8 Å². The molecule has 0 saturated heterocycles. The van der Waals surface area contributed by atoms with Crippen LogP contribution >= 0.6 is 0 Å². The number of hydrogen-bond donors (Lipinski definition) is 0. The third-order valence-electron chi connectivity index (χ3n) is 0. The topological polar surface area (TPSA) is 0 Å². The van der Waals surface area contributed by atoms with Crippen LogP contribution in [0, 0.1) is 0 Å². The summed E-state index contributed by atoms with van der Waals surface area (Å²) < 4.78 is 0. The Bertz CT molecular complexity index is 9.61. The maximum atomic E-state index is 0. The first-order valence-corrected chi connectivity index (χ1v) is 0. The van der Waals surface area contributed by atoms with Gasteiger partial charge < -0.3 is 0 Å².